The summed E-state index contributed by atoms with van der Waals surface area (Å²) in [5.74, 6) is 2.22. The first-order valence-corrected chi connectivity index (χ1v) is 34.1. The van der Waals surface area contributed by atoms with E-state index in [4.69, 9.17) is 33.8 Å². The summed E-state index contributed by atoms with van der Waals surface area (Å²) >= 11 is 0. The number of aliphatic imine (C=N–C) groups is 1. The number of hydroxylamine groups is 9. The van der Waals surface area contributed by atoms with Crippen molar-refractivity contribution >= 4 is 24.2 Å². The molecule has 20 heteroatoms. The van der Waals surface area contributed by atoms with Gasteiger partial charge in [0.15, 0.2) is 17.2 Å². The maximum atomic E-state index is 11.9. The summed E-state index contributed by atoms with van der Waals surface area (Å²) in [4.78, 5) is 81.1. The molecule has 10 fully saturated rings. The van der Waals surface area contributed by atoms with Crippen molar-refractivity contribution in [2.75, 3.05) is 26.2 Å². The van der Waals surface area contributed by atoms with Crippen molar-refractivity contribution in [2.24, 2.45) is 61.2 Å². The Balaban J connectivity index is 0.000000143. The second-order valence-corrected chi connectivity index (χ2v) is 30.5. The predicted molar refractivity (Wildman–Crippen MR) is 362 cm³/mol. The quantitative estimate of drug-likeness (QED) is 0.0491. The molecular weight excluding hydrogens is 1190 g/mol. The maximum absolute atomic E-state index is 11.9. The summed E-state index contributed by atoms with van der Waals surface area (Å²) in [5.41, 5.74) is 12.7. The van der Waals surface area contributed by atoms with Gasteiger partial charge in [-0.2, -0.15) is 31.6 Å². The summed E-state index contributed by atoms with van der Waals surface area (Å²) in [6.45, 7) is 45.1. The third kappa shape index (κ3) is 13.3. The standard InChI is InChI=1S/C14H20N2O2.C13H22N2O2.C13H18N2O2.C11H15NO.C10H17NO.C10H13NO.C3H5NO/c1-5-15-12(17)16-14(18-16,13(2,3)4)11-9-7-6-8-10-11;1-5-14-10(16)15-13(17-15)8-9-6-7-12(13,4)11(9,2)3;1-4-14-12(16)15-13(17-15,10(2)3)11-8-6-5-7-9-11;1-10(2,3)11(12-13-11)9-7-5-4-6-8-9;1-8(2)7-4-5-9(8,3)10(6-7)11-12-10;1-8(2)10(11-12-10)9-6-4-3-5-7-9;1-2-4-3-5/h6-10H,5H2,1-4H3,(H,15,17);9H,5-8H2,1-4H3,(H,14,16);5-10H,4H2,1-3H3,(H,14,16);4-8,12H,1-3H3;7,11H,4-6H2,1-3H3;3-8,11H,1-2H3;2H2,1H3. The molecule has 4 aliphatic carbocycles. The van der Waals surface area contributed by atoms with Gasteiger partial charge in [0.05, 0.1) is 0 Å². The van der Waals surface area contributed by atoms with E-state index in [9.17, 15) is 14.4 Å². The highest BCUT2D eigenvalue weighted by atomic mass is 16.9. The highest BCUT2D eigenvalue weighted by molar-refractivity contribution is 5.77. The van der Waals surface area contributed by atoms with Gasteiger partial charge in [0.2, 0.25) is 23.3 Å². The molecule has 6 aliphatic heterocycles. The smallest absolute Gasteiger partial charge is 0.336 e. The number of hydrogen-bond donors (Lipinski definition) is 6. The van der Waals surface area contributed by atoms with Gasteiger partial charge >= 0.3 is 18.1 Å². The molecule has 516 valence electrons. The van der Waals surface area contributed by atoms with E-state index < -0.39 is 11.4 Å². The number of amides is 6. The van der Waals surface area contributed by atoms with E-state index in [1.54, 1.807) is 12.0 Å². The molecular formula is C74H110N10O10. The van der Waals surface area contributed by atoms with Gasteiger partial charge in [-0.1, -0.05) is 232 Å². The molecule has 4 aromatic carbocycles. The Morgan fingerprint density at radius 1 is 0.532 bits per heavy atom. The molecule has 20 nitrogen and oxygen atoms in total. The van der Waals surface area contributed by atoms with E-state index in [-0.39, 0.29) is 68.6 Å². The number of nitrogens with one attached hydrogen (secondary N) is 6. The second kappa shape index (κ2) is 27.7. The number of fused-ring (bicyclic) bond motifs is 6. The Kier molecular flexibility index (Phi) is 21.6. The Labute approximate surface area is 559 Å². The highest BCUT2D eigenvalue weighted by Gasteiger charge is 2.81. The Morgan fingerprint density at radius 3 is 1.28 bits per heavy atom. The predicted octanol–water partition coefficient (Wildman–Crippen LogP) is 14.7. The second-order valence-electron chi connectivity index (χ2n) is 30.5. The summed E-state index contributed by atoms with van der Waals surface area (Å²) in [6.07, 6.45) is 8.81. The Hall–Kier alpha value is -6.29. The fourth-order valence-electron chi connectivity index (χ4n) is 15.2. The number of urea groups is 3. The minimum Gasteiger partial charge on any atom is -0.336 e. The number of nitrogens with zero attached hydrogens (tertiary/aromatic N) is 4. The number of carbonyl (C=O) groups is 3. The lowest BCUT2D eigenvalue weighted by atomic mass is 9.68. The topological polar surface area (TPSA) is 267 Å². The zero-order chi connectivity index (χ0) is 69.2. The number of isocyanates is 1. The van der Waals surface area contributed by atoms with E-state index in [1.807, 2.05) is 132 Å². The lowest BCUT2D eigenvalue weighted by Gasteiger charge is -2.36. The van der Waals surface area contributed by atoms with Crippen LogP contribution in [0.3, 0.4) is 0 Å². The van der Waals surface area contributed by atoms with Crippen molar-refractivity contribution in [2.45, 2.75) is 211 Å². The zero-order valence-corrected chi connectivity index (χ0v) is 59.8. The van der Waals surface area contributed by atoms with Crippen LogP contribution in [0.15, 0.2) is 126 Å². The van der Waals surface area contributed by atoms with E-state index in [2.05, 4.69) is 159 Å². The lowest BCUT2D eigenvalue weighted by molar-refractivity contribution is 0.0700. The summed E-state index contributed by atoms with van der Waals surface area (Å²) in [6, 6.07) is 39.8. The molecule has 4 saturated carbocycles. The van der Waals surface area contributed by atoms with Crippen LogP contribution in [0.5, 0.6) is 0 Å². The van der Waals surface area contributed by atoms with Crippen LogP contribution in [0, 0.1) is 56.2 Å². The SMILES string of the molecule is CC(C)(C)C1(c2ccccc2)NO1.CC(C)C1(c2ccccc2)NO1.CC1(C)C2CCC1(C)C1(C2)NO1.CCN=C=O.CCNC(=O)N1OC1(c1ccccc1)C(C)(C)C.CCNC(=O)N1OC1(c1ccccc1)C(C)C.CCNC(=O)N1OC12CC1CCC2(C)C1(C)C. The van der Waals surface area contributed by atoms with Crippen LogP contribution in [0.2, 0.25) is 0 Å². The summed E-state index contributed by atoms with van der Waals surface area (Å²) in [7, 11) is 0. The average Bonchev–Trinajstić information content (AvgIpc) is 1.49. The molecule has 4 aromatic rings. The Morgan fingerprint density at radius 2 is 0.957 bits per heavy atom. The van der Waals surface area contributed by atoms with Gasteiger partial charge in [-0.15, -0.1) is 0 Å². The third-order valence-electron chi connectivity index (χ3n) is 22.3. The fourth-order valence-corrected chi connectivity index (χ4v) is 15.2. The Bertz CT molecular complexity index is 3250. The number of hydrogen-bond acceptors (Lipinski definition) is 14. The van der Waals surface area contributed by atoms with E-state index in [0.29, 0.717) is 48.8 Å². The molecule has 10 unspecified atom stereocenters. The van der Waals surface area contributed by atoms with Crippen LogP contribution in [-0.2, 0) is 56.7 Å². The van der Waals surface area contributed by atoms with Gasteiger partial charge in [-0.25, -0.2) is 38.7 Å². The van der Waals surface area contributed by atoms with Crippen molar-refractivity contribution in [1.29, 1.82) is 0 Å². The number of carbonyl (C=O) groups excluding carboxylic acids is 4. The van der Waals surface area contributed by atoms with Crippen LogP contribution in [0.25, 0.3) is 0 Å². The third-order valence-corrected chi connectivity index (χ3v) is 22.3. The first kappa shape index (κ1) is 73.5. The molecule has 10 aliphatic rings. The molecule has 6 N–H and O–H groups in total. The van der Waals surface area contributed by atoms with Crippen LogP contribution in [0.4, 0.5) is 14.4 Å². The molecule has 0 aromatic heterocycles. The molecule has 6 heterocycles. The van der Waals surface area contributed by atoms with Crippen molar-refractivity contribution < 1.29 is 48.2 Å². The average molecular weight is 1300 g/mol. The summed E-state index contributed by atoms with van der Waals surface area (Å²) < 4.78 is 0. The first-order valence-electron chi connectivity index (χ1n) is 34.1. The molecule has 14 rings (SSSR count). The van der Waals surface area contributed by atoms with Crippen LogP contribution < -0.4 is 32.4 Å². The van der Waals surface area contributed by atoms with Gasteiger partial charge in [0, 0.05) is 88.3 Å². The van der Waals surface area contributed by atoms with Gasteiger partial charge in [-0.05, 0) is 82.5 Å². The fraction of sp³-hybridized carbons (Fsp3) is 0.622. The molecule has 2 spiro atoms. The molecule has 6 saturated heterocycles. The number of benzene rings is 4. The van der Waals surface area contributed by atoms with Gasteiger partial charge in [0.1, 0.15) is 0 Å². The minimum absolute atomic E-state index is 0.0722. The van der Waals surface area contributed by atoms with Crippen molar-refractivity contribution in [3.05, 3.63) is 144 Å². The summed E-state index contributed by atoms with van der Waals surface area (Å²) in [5, 5.41) is 12.8. The normalized spacial score (nSPS) is 31.9. The van der Waals surface area contributed by atoms with E-state index >= 15 is 0 Å². The molecule has 94 heavy (non-hydrogen) atoms. The molecule has 6 amide bonds. The monoisotopic (exact) mass is 1300 g/mol. The maximum Gasteiger partial charge on any atom is 0.344 e. The van der Waals surface area contributed by atoms with Gasteiger partial charge in [0.25, 0.3) is 0 Å². The van der Waals surface area contributed by atoms with Gasteiger partial charge in [-0.3, -0.25) is 14.5 Å². The van der Waals surface area contributed by atoms with Crippen LogP contribution >= 0.6 is 0 Å². The van der Waals surface area contributed by atoms with Crippen LogP contribution in [0.1, 0.15) is 199 Å². The highest BCUT2D eigenvalue weighted by Crippen LogP contribution is 2.76. The molecule has 4 bridgehead atoms. The lowest BCUT2D eigenvalue weighted by Crippen LogP contribution is -2.43. The van der Waals surface area contributed by atoms with Crippen LogP contribution in [-0.4, -0.2) is 77.0 Å². The number of rotatable bonds is 10. The first-order chi connectivity index (χ1) is 44.2. The van der Waals surface area contributed by atoms with Gasteiger partial charge < -0.3 is 16.0 Å². The van der Waals surface area contributed by atoms with Crippen molar-refractivity contribution in [3.8, 4) is 0 Å². The molecule has 10 atom stereocenters. The van der Waals surface area contributed by atoms with E-state index in [1.165, 1.54) is 59.4 Å². The van der Waals surface area contributed by atoms with Crippen molar-refractivity contribution in [1.82, 2.24) is 47.6 Å². The minimum atomic E-state index is -0.659. The van der Waals surface area contributed by atoms with E-state index in [0.717, 1.165) is 23.5 Å². The molecule has 0 radical (unpaired) electrons. The zero-order valence-electron chi connectivity index (χ0n) is 59.8. The van der Waals surface area contributed by atoms with Crippen molar-refractivity contribution in [3.63, 3.8) is 0 Å². The largest absolute Gasteiger partial charge is 0.344 e.